The van der Waals surface area contributed by atoms with Crippen LogP contribution in [0.3, 0.4) is 0 Å². The summed E-state index contributed by atoms with van der Waals surface area (Å²) in [6, 6.07) is 8.31. The number of hydrogen-bond acceptors (Lipinski definition) is 3. The zero-order valence-corrected chi connectivity index (χ0v) is 12.8. The van der Waals surface area contributed by atoms with E-state index in [1.807, 2.05) is 30.1 Å². The lowest BCUT2D eigenvalue weighted by Gasteiger charge is -2.19. The number of nitrogens with zero attached hydrogens (tertiary/aromatic N) is 2. The zero-order valence-electron chi connectivity index (χ0n) is 12.8. The third kappa shape index (κ3) is 2.70. The first-order valence-corrected chi connectivity index (χ1v) is 6.98. The maximum Gasteiger partial charge on any atom is 0.125 e. The molecular formula is C16H23N3O. The van der Waals surface area contributed by atoms with Gasteiger partial charge in [0, 0.05) is 17.8 Å². The third-order valence-electron chi connectivity index (χ3n) is 3.58. The lowest BCUT2D eigenvalue weighted by Crippen LogP contribution is -2.16. The van der Waals surface area contributed by atoms with Crippen molar-refractivity contribution in [1.82, 2.24) is 15.1 Å². The van der Waals surface area contributed by atoms with Crippen LogP contribution >= 0.6 is 0 Å². The molecule has 1 atom stereocenters. The number of benzene rings is 1. The Labute approximate surface area is 120 Å². The van der Waals surface area contributed by atoms with E-state index in [9.17, 15) is 0 Å². The van der Waals surface area contributed by atoms with Crippen LogP contribution in [0.1, 0.15) is 44.0 Å². The summed E-state index contributed by atoms with van der Waals surface area (Å²) in [5, 5.41) is 7.94. The van der Waals surface area contributed by atoms with Gasteiger partial charge in [0.1, 0.15) is 5.75 Å². The summed E-state index contributed by atoms with van der Waals surface area (Å²) in [7, 11) is 3.65. The van der Waals surface area contributed by atoms with Crippen molar-refractivity contribution in [2.45, 2.75) is 32.7 Å². The highest BCUT2D eigenvalue weighted by Crippen LogP contribution is 2.31. The summed E-state index contributed by atoms with van der Waals surface area (Å²) in [6.45, 7) is 6.42. The van der Waals surface area contributed by atoms with Crippen LogP contribution in [0.5, 0.6) is 5.75 Å². The van der Waals surface area contributed by atoms with Crippen LogP contribution in [0.4, 0.5) is 0 Å². The molecule has 4 nitrogen and oxygen atoms in total. The summed E-state index contributed by atoms with van der Waals surface area (Å²) in [6.07, 6.45) is 2.01. The van der Waals surface area contributed by atoms with Crippen LogP contribution in [0.2, 0.25) is 0 Å². The van der Waals surface area contributed by atoms with Gasteiger partial charge in [0.25, 0.3) is 0 Å². The molecule has 0 spiro atoms. The SMILES string of the molecule is CNC(C)c1c(OC)cccc1-n1ccc(C(C)C)n1. The van der Waals surface area contributed by atoms with Gasteiger partial charge in [0.2, 0.25) is 0 Å². The minimum atomic E-state index is 0.188. The lowest BCUT2D eigenvalue weighted by molar-refractivity contribution is 0.403. The van der Waals surface area contributed by atoms with Gasteiger partial charge >= 0.3 is 0 Å². The molecule has 0 bridgehead atoms. The summed E-state index contributed by atoms with van der Waals surface area (Å²) in [5.74, 6) is 1.30. The first-order chi connectivity index (χ1) is 9.58. The molecule has 0 aliphatic heterocycles. The average Bonchev–Trinajstić information content (AvgIpc) is 2.95. The Kier molecular flexibility index (Phi) is 4.45. The predicted octanol–water partition coefficient (Wildman–Crippen LogP) is 3.28. The fourth-order valence-electron chi connectivity index (χ4n) is 2.27. The highest BCUT2D eigenvalue weighted by molar-refractivity contribution is 5.51. The summed E-state index contributed by atoms with van der Waals surface area (Å²) in [5.41, 5.74) is 3.27. The second kappa shape index (κ2) is 6.09. The monoisotopic (exact) mass is 273 g/mol. The molecule has 0 aliphatic rings. The van der Waals surface area contributed by atoms with Crippen LogP contribution in [0.15, 0.2) is 30.5 Å². The van der Waals surface area contributed by atoms with Crippen molar-refractivity contribution in [3.8, 4) is 11.4 Å². The Morgan fingerprint density at radius 2 is 1.95 bits per heavy atom. The van der Waals surface area contributed by atoms with E-state index in [1.165, 1.54) is 0 Å². The van der Waals surface area contributed by atoms with Crippen molar-refractivity contribution in [3.05, 3.63) is 41.7 Å². The van der Waals surface area contributed by atoms with Crippen molar-refractivity contribution < 1.29 is 4.74 Å². The summed E-state index contributed by atoms with van der Waals surface area (Å²) < 4.78 is 7.44. The van der Waals surface area contributed by atoms with Crippen molar-refractivity contribution in [2.75, 3.05) is 14.2 Å². The second-order valence-corrected chi connectivity index (χ2v) is 5.24. The van der Waals surface area contributed by atoms with E-state index in [-0.39, 0.29) is 6.04 Å². The van der Waals surface area contributed by atoms with Crippen LogP contribution in [-0.2, 0) is 0 Å². The minimum absolute atomic E-state index is 0.188. The lowest BCUT2D eigenvalue weighted by atomic mass is 10.0. The highest BCUT2D eigenvalue weighted by Gasteiger charge is 2.17. The van der Waals surface area contributed by atoms with Crippen LogP contribution in [0.25, 0.3) is 5.69 Å². The Bertz CT molecular complexity index is 575. The second-order valence-electron chi connectivity index (χ2n) is 5.24. The van der Waals surface area contributed by atoms with Crippen molar-refractivity contribution in [2.24, 2.45) is 0 Å². The van der Waals surface area contributed by atoms with Crippen molar-refractivity contribution in [3.63, 3.8) is 0 Å². The maximum absolute atomic E-state index is 5.50. The summed E-state index contributed by atoms with van der Waals surface area (Å²) in [4.78, 5) is 0. The van der Waals surface area contributed by atoms with E-state index in [0.717, 1.165) is 22.7 Å². The Hall–Kier alpha value is -1.81. The largest absolute Gasteiger partial charge is 0.496 e. The van der Waals surface area contributed by atoms with Gasteiger partial charge in [0.05, 0.1) is 18.5 Å². The van der Waals surface area contributed by atoms with E-state index in [4.69, 9.17) is 4.74 Å². The standard InChI is InChI=1S/C16H23N3O/c1-11(2)13-9-10-19(18-13)14-7-6-8-15(20-5)16(14)12(3)17-4/h6-12,17H,1-5H3. The van der Waals surface area contributed by atoms with Gasteiger partial charge in [-0.1, -0.05) is 19.9 Å². The Morgan fingerprint density at radius 3 is 2.50 bits per heavy atom. The number of methoxy groups -OCH3 is 1. The third-order valence-corrected chi connectivity index (χ3v) is 3.58. The minimum Gasteiger partial charge on any atom is -0.496 e. The molecule has 20 heavy (non-hydrogen) atoms. The van der Waals surface area contributed by atoms with Gasteiger partial charge in [-0.15, -0.1) is 0 Å². The van der Waals surface area contributed by atoms with E-state index in [2.05, 4.69) is 43.3 Å². The molecule has 1 unspecified atom stereocenters. The first-order valence-electron chi connectivity index (χ1n) is 6.98. The molecule has 0 saturated carbocycles. The van der Waals surface area contributed by atoms with E-state index in [0.29, 0.717) is 5.92 Å². The van der Waals surface area contributed by atoms with Crippen LogP contribution in [-0.4, -0.2) is 23.9 Å². The first kappa shape index (κ1) is 14.6. The van der Waals surface area contributed by atoms with E-state index >= 15 is 0 Å². The molecule has 1 aromatic carbocycles. The Morgan fingerprint density at radius 1 is 1.20 bits per heavy atom. The van der Waals surface area contributed by atoms with Gasteiger partial charge in [-0.3, -0.25) is 0 Å². The van der Waals surface area contributed by atoms with Crippen LogP contribution < -0.4 is 10.1 Å². The molecule has 2 aromatic rings. The van der Waals surface area contributed by atoms with Crippen molar-refractivity contribution >= 4 is 0 Å². The molecule has 4 heteroatoms. The molecule has 1 N–H and O–H groups in total. The number of hydrogen-bond donors (Lipinski definition) is 1. The maximum atomic E-state index is 5.50. The summed E-state index contributed by atoms with van der Waals surface area (Å²) >= 11 is 0. The van der Waals surface area contributed by atoms with Gasteiger partial charge in [-0.25, -0.2) is 4.68 Å². The quantitative estimate of drug-likeness (QED) is 0.908. The molecule has 0 amide bonds. The van der Waals surface area contributed by atoms with Gasteiger partial charge in [0.15, 0.2) is 0 Å². The predicted molar refractivity (Wildman–Crippen MR) is 81.7 cm³/mol. The number of aromatic nitrogens is 2. The molecule has 0 aliphatic carbocycles. The number of rotatable bonds is 5. The molecule has 0 radical (unpaired) electrons. The number of nitrogens with one attached hydrogen (secondary N) is 1. The van der Waals surface area contributed by atoms with Crippen LogP contribution in [0, 0.1) is 0 Å². The molecular weight excluding hydrogens is 250 g/mol. The fourth-order valence-corrected chi connectivity index (χ4v) is 2.27. The van der Waals surface area contributed by atoms with Gasteiger partial charge in [-0.05, 0) is 38.1 Å². The molecule has 1 aromatic heterocycles. The average molecular weight is 273 g/mol. The molecule has 108 valence electrons. The van der Waals surface area contributed by atoms with Gasteiger partial charge in [-0.2, -0.15) is 5.10 Å². The zero-order chi connectivity index (χ0) is 14.7. The fraction of sp³-hybridized carbons (Fsp3) is 0.438. The van der Waals surface area contributed by atoms with Crippen molar-refractivity contribution in [1.29, 1.82) is 0 Å². The topological polar surface area (TPSA) is 39.1 Å². The highest BCUT2D eigenvalue weighted by atomic mass is 16.5. The molecule has 2 rings (SSSR count). The normalized spacial score (nSPS) is 12.7. The molecule has 0 saturated heterocycles. The molecule has 1 heterocycles. The number of ether oxygens (including phenoxy) is 1. The molecule has 0 fully saturated rings. The van der Waals surface area contributed by atoms with E-state index < -0.39 is 0 Å². The van der Waals surface area contributed by atoms with Gasteiger partial charge < -0.3 is 10.1 Å². The van der Waals surface area contributed by atoms with E-state index in [1.54, 1.807) is 7.11 Å². The Balaban J connectivity index is 2.54. The smallest absolute Gasteiger partial charge is 0.125 e.